The quantitative estimate of drug-likeness (QED) is 0.872. The van der Waals surface area contributed by atoms with Gasteiger partial charge in [0.05, 0.1) is 5.69 Å². The Labute approximate surface area is 117 Å². The van der Waals surface area contributed by atoms with Crippen LogP contribution in [-0.2, 0) is 12.3 Å². The summed E-state index contributed by atoms with van der Waals surface area (Å²) < 4.78 is 1.51. The van der Waals surface area contributed by atoms with Crippen molar-refractivity contribution in [3.63, 3.8) is 0 Å². The van der Waals surface area contributed by atoms with E-state index in [9.17, 15) is 4.79 Å². The lowest BCUT2D eigenvalue weighted by molar-refractivity contribution is 0.463. The van der Waals surface area contributed by atoms with E-state index in [0.717, 1.165) is 5.69 Å². The zero-order chi connectivity index (χ0) is 13.8. The zero-order valence-electron chi connectivity index (χ0n) is 11.1. The van der Waals surface area contributed by atoms with Crippen LogP contribution in [0, 0.1) is 5.92 Å². The van der Waals surface area contributed by atoms with E-state index < -0.39 is 0 Å². The van der Waals surface area contributed by atoms with Gasteiger partial charge in [-0.1, -0.05) is 19.9 Å². The van der Waals surface area contributed by atoms with Crippen LogP contribution in [0.1, 0.15) is 19.4 Å². The molecule has 0 atom stereocenters. The van der Waals surface area contributed by atoms with Crippen LogP contribution in [0.3, 0.4) is 0 Å². The summed E-state index contributed by atoms with van der Waals surface area (Å²) in [5, 5.41) is 4.40. The van der Waals surface area contributed by atoms with Gasteiger partial charge in [0, 0.05) is 24.1 Å². The molecule has 0 radical (unpaired) electrons. The minimum absolute atomic E-state index is 0.0663. The lowest BCUT2D eigenvalue weighted by Crippen LogP contribution is -2.28. The van der Waals surface area contributed by atoms with E-state index in [1.807, 2.05) is 18.2 Å². The Morgan fingerprint density at radius 3 is 2.68 bits per heavy atom. The number of thiol groups is 1. The Balaban J connectivity index is 2.54. The van der Waals surface area contributed by atoms with Gasteiger partial charge in [0.2, 0.25) is 0 Å². The zero-order valence-corrected chi connectivity index (χ0v) is 12.0. The summed E-state index contributed by atoms with van der Waals surface area (Å²) in [4.78, 5) is 16.4. The first-order valence-corrected chi connectivity index (χ1v) is 6.88. The lowest BCUT2D eigenvalue weighted by atomic mass is 10.2. The molecular weight excluding hydrogens is 258 g/mol. The summed E-state index contributed by atoms with van der Waals surface area (Å²) in [6.07, 6.45) is 1.72. The average Bonchev–Trinajstić information content (AvgIpc) is 2.41. The number of aromatic nitrogens is 3. The van der Waals surface area contributed by atoms with Crippen molar-refractivity contribution in [2.24, 2.45) is 5.92 Å². The van der Waals surface area contributed by atoms with Crippen LogP contribution in [0.2, 0.25) is 0 Å². The highest BCUT2D eigenvalue weighted by molar-refractivity contribution is 7.79. The minimum Gasteiger partial charge on any atom is -0.267 e. The molecule has 0 saturated carbocycles. The molecule has 0 bridgehead atoms. The molecule has 5 heteroatoms. The molecule has 2 aromatic rings. The molecule has 2 rings (SSSR count). The van der Waals surface area contributed by atoms with Crippen LogP contribution in [-0.4, -0.2) is 14.8 Å². The van der Waals surface area contributed by atoms with Crippen LogP contribution < -0.4 is 5.56 Å². The molecule has 0 fully saturated rings. The molecule has 0 aliphatic rings. The molecule has 0 spiro atoms. The summed E-state index contributed by atoms with van der Waals surface area (Å²) in [7, 11) is 0. The molecule has 19 heavy (non-hydrogen) atoms. The maximum Gasteiger partial charge on any atom is 0.270 e. The number of hydrogen-bond donors (Lipinski definition) is 1. The lowest BCUT2D eigenvalue weighted by Gasteiger charge is -2.11. The second-order valence-corrected chi connectivity index (χ2v) is 5.13. The molecule has 0 aliphatic heterocycles. The normalized spacial score (nSPS) is 10.9. The molecule has 0 unspecified atom stereocenters. The largest absolute Gasteiger partial charge is 0.270 e. The molecule has 0 amide bonds. The summed E-state index contributed by atoms with van der Waals surface area (Å²) >= 11 is 4.22. The van der Waals surface area contributed by atoms with E-state index in [-0.39, 0.29) is 5.56 Å². The third kappa shape index (κ3) is 3.23. The fourth-order valence-corrected chi connectivity index (χ4v) is 2.05. The highest BCUT2D eigenvalue weighted by Crippen LogP contribution is 2.14. The first-order chi connectivity index (χ1) is 9.11. The van der Waals surface area contributed by atoms with E-state index in [4.69, 9.17) is 0 Å². The van der Waals surface area contributed by atoms with Gasteiger partial charge in [-0.15, -0.1) is 0 Å². The van der Waals surface area contributed by atoms with E-state index in [0.29, 0.717) is 29.5 Å². The van der Waals surface area contributed by atoms with Gasteiger partial charge in [-0.3, -0.25) is 9.78 Å². The fraction of sp³-hybridized carbons (Fsp3) is 0.357. The van der Waals surface area contributed by atoms with E-state index in [1.165, 1.54) is 4.68 Å². The van der Waals surface area contributed by atoms with Gasteiger partial charge < -0.3 is 0 Å². The standard InChI is InChI=1S/C14H17N3OS/c1-10(2)8-17-14(18)11(9-19)7-13(16-17)12-5-3-4-6-15-12/h3-7,10,19H,8-9H2,1-2H3. The smallest absolute Gasteiger partial charge is 0.267 e. The van der Waals surface area contributed by atoms with Gasteiger partial charge in [-0.2, -0.15) is 17.7 Å². The Kier molecular flexibility index (Phi) is 4.37. The van der Waals surface area contributed by atoms with Crippen LogP contribution in [0.25, 0.3) is 11.4 Å². The van der Waals surface area contributed by atoms with E-state index in [1.54, 1.807) is 12.3 Å². The maximum atomic E-state index is 12.2. The number of nitrogens with zero attached hydrogens (tertiary/aromatic N) is 3. The number of pyridine rings is 1. The van der Waals surface area contributed by atoms with Crippen molar-refractivity contribution < 1.29 is 0 Å². The Bertz CT molecular complexity index is 608. The second kappa shape index (κ2) is 6.02. The highest BCUT2D eigenvalue weighted by Gasteiger charge is 2.10. The van der Waals surface area contributed by atoms with Crippen molar-refractivity contribution in [3.05, 3.63) is 46.4 Å². The predicted molar refractivity (Wildman–Crippen MR) is 79.3 cm³/mol. The Morgan fingerprint density at radius 1 is 1.32 bits per heavy atom. The molecule has 100 valence electrons. The van der Waals surface area contributed by atoms with Crippen molar-refractivity contribution in [3.8, 4) is 11.4 Å². The molecule has 4 nitrogen and oxygen atoms in total. The molecule has 2 aromatic heterocycles. The number of rotatable bonds is 4. The molecule has 0 saturated heterocycles. The molecule has 0 aromatic carbocycles. The van der Waals surface area contributed by atoms with E-state index in [2.05, 4.69) is 36.6 Å². The van der Waals surface area contributed by atoms with E-state index >= 15 is 0 Å². The Morgan fingerprint density at radius 2 is 2.11 bits per heavy atom. The third-order valence-corrected chi connectivity index (χ3v) is 3.02. The van der Waals surface area contributed by atoms with Gasteiger partial charge in [0.25, 0.3) is 5.56 Å². The van der Waals surface area contributed by atoms with Crippen LogP contribution in [0.15, 0.2) is 35.3 Å². The van der Waals surface area contributed by atoms with Crippen molar-refractivity contribution in [2.75, 3.05) is 0 Å². The first-order valence-electron chi connectivity index (χ1n) is 6.25. The van der Waals surface area contributed by atoms with Gasteiger partial charge in [0.1, 0.15) is 5.69 Å². The molecular formula is C14H17N3OS. The monoisotopic (exact) mass is 275 g/mol. The minimum atomic E-state index is -0.0663. The molecule has 2 heterocycles. The van der Waals surface area contributed by atoms with Gasteiger partial charge in [-0.25, -0.2) is 4.68 Å². The summed E-state index contributed by atoms with van der Waals surface area (Å²) in [5.41, 5.74) is 2.07. The van der Waals surface area contributed by atoms with Gasteiger partial charge in [-0.05, 0) is 24.1 Å². The summed E-state index contributed by atoms with van der Waals surface area (Å²) in [5.74, 6) is 0.760. The maximum absolute atomic E-state index is 12.2. The van der Waals surface area contributed by atoms with Crippen molar-refractivity contribution >= 4 is 12.6 Å². The third-order valence-electron chi connectivity index (χ3n) is 2.68. The van der Waals surface area contributed by atoms with Crippen LogP contribution >= 0.6 is 12.6 Å². The number of hydrogen-bond acceptors (Lipinski definition) is 4. The van der Waals surface area contributed by atoms with Crippen molar-refractivity contribution in [1.82, 2.24) is 14.8 Å². The summed E-state index contributed by atoms with van der Waals surface area (Å²) in [6.45, 7) is 4.71. The SMILES string of the molecule is CC(C)Cn1nc(-c2ccccn2)cc(CS)c1=O. The van der Waals surface area contributed by atoms with Crippen molar-refractivity contribution in [2.45, 2.75) is 26.1 Å². The first kappa shape index (κ1) is 13.8. The topological polar surface area (TPSA) is 47.8 Å². The highest BCUT2D eigenvalue weighted by atomic mass is 32.1. The van der Waals surface area contributed by atoms with Gasteiger partial charge >= 0.3 is 0 Å². The van der Waals surface area contributed by atoms with Crippen LogP contribution in [0.4, 0.5) is 0 Å². The van der Waals surface area contributed by atoms with Crippen molar-refractivity contribution in [1.29, 1.82) is 0 Å². The molecule has 0 aliphatic carbocycles. The fourth-order valence-electron chi connectivity index (χ4n) is 1.82. The Hall–Kier alpha value is -1.62. The van der Waals surface area contributed by atoms with Crippen LogP contribution in [0.5, 0.6) is 0 Å². The summed E-state index contributed by atoms with van der Waals surface area (Å²) in [6, 6.07) is 7.42. The second-order valence-electron chi connectivity index (χ2n) is 4.81. The predicted octanol–water partition coefficient (Wildman–Crippen LogP) is 2.39. The average molecular weight is 275 g/mol. The van der Waals surface area contributed by atoms with Gasteiger partial charge in [0.15, 0.2) is 0 Å². The molecule has 0 N–H and O–H groups in total.